The van der Waals surface area contributed by atoms with E-state index in [0.29, 0.717) is 6.07 Å². The maximum Gasteiger partial charge on any atom is 0.272 e. The molecule has 1 amide bonds. The highest BCUT2D eigenvalue weighted by Gasteiger charge is 2.08. The average Bonchev–Trinajstić information content (AvgIpc) is 1.85. The number of carbonyl (C=O) groups is 1. The van der Waals surface area contributed by atoms with Crippen molar-refractivity contribution in [2.45, 2.75) is 0 Å². The summed E-state index contributed by atoms with van der Waals surface area (Å²) in [7, 11) is 0. The zero-order valence-electron chi connectivity index (χ0n) is 5.40. The largest absolute Gasteiger partial charge is 0.272 e. The smallest absolute Gasteiger partial charge is 0.267 e. The third-order valence-corrected chi connectivity index (χ3v) is 1.18. The fourth-order valence-corrected chi connectivity index (χ4v) is 0.674. The van der Waals surface area contributed by atoms with Crippen LogP contribution in [-0.2, 0) is 0 Å². The summed E-state index contributed by atoms with van der Waals surface area (Å²) in [5.74, 6) is -2.90. The van der Waals surface area contributed by atoms with E-state index < -0.39 is 23.1 Å². The number of carbonyl (C=O) groups excluding carboxylic acids is 1. The molecule has 4 heteroatoms. The van der Waals surface area contributed by atoms with Crippen molar-refractivity contribution in [3.05, 3.63) is 35.4 Å². The molecule has 1 aromatic rings. The lowest BCUT2D eigenvalue weighted by Crippen LogP contribution is -2.02. The van der Waals surface area contributed by atoms with Gasteiger partial charge < -0.3 is 0 Å². The average molecular weight is 156 g/mol. The van der Waals surface area contributed by atoms with Gasteiger partial charge in [0.05, 0.1) is 5.56 Å². The zero-order chi connectivity index (χ0) is 8.43. The van der Waals surface area contributed by atoms with E-state index in [9.17, 15) is 13.6 Å². The minimum Gasteiger partial charge on any atom is -0.267 e. The van der Waals surface area contributed by atoms with Crippen molar-refractivity contribution in [1.29, 1.82) is 0 Å². The van der Waals surface area contributed by atoms with Gasteiger partial charge in [-0.1, -0.05) is 0 Å². The number of amides is 1. The van der Waals surface area contributed by atoms with E-state index in [1.807, 2.05) is 0 Å². The number of hydrogen-bond acceptors (Lipinski definition) is 1. The quantitative estimate of drug-likeness (QED) is 0.605. The Morgan fingerprint density at radius 3 is 2.45 bits per heavy atom. The van der Waals surface area contributed by atoms with Gasteiger partial charge >= 0.3 is 0 Å². The third-order valence-electron chi connectivity index (χ3n) is 1.18. The second kappa shape index (κ2) is 2.65. The van der Waals surface area contributed by atoms with Gasteiger partial charge in [-0.25, -0.2) is 8.78 Å². The van der Waals surface area contributed by atoms with E-state index in [2.05, 4.69) is 0 Å². The van der Waals surface area contributed by atoms with Crippen LogP contribution < -0.4 is 5.73 Å². The van der Waals surface area contributed by atoms with Crippen molar-refractivity contribution < 1.29 is 13.6 Å². The van der Waals surface area contributed by atoms with Gasteiger partial charge in [0.1, 0.15) is 11.6 Å². The third kappa shape index (κ3) is 1.52. The van der Waals surface area contributed by atoms with Gasteiger partial charge in [0.2, 0.25) is 0 Å². The molecule has 0 aromatic heterocycles. The molecule has 2 nitrogen and oxygen atoms in total. The van der Waals surface area contributed by atoms with E-state index in [1.165, 1.54) is 0 Å². The molecule has 1 N–H and O–H groups in total. The Bertz CT molecular complexity index is 298. The summed E-state index contributed by atoms with van der Waals surface area (Å²) in [5.41, 5.74) is 6.12. The molecule has 0 aliphatic heterocycles. The molecular weight excluding hydrogens is 152 g/mol. The van der Waals surface area contributed by atoms with Crippen molar-refractivity contribution in [2.75, 3.05) is 0 Å². The highest BCUT2D eigenvalue weighted by Crippen LogP contribution is 2.08. The van der Waals surface area contributed by atoms with Crippen molar-refractivity contribution in [1.82, 2.24) is 5.73 Å². The molecule has 0 unspecified atom stereocenters. The SMILES string of the molecule is [NH]C(=O)c1ccc(F)cc1F. The molecule has 57 valence electrons. The topological polar surface area (TPSA) is 40.9 Å². The molecule has 1 aromatic carbocycles. The molecule has 1 rings (SSSR count). The van der Waals surface area contributed by atoms with Crippen LogP contribution in [0.4, 0.5) is 8.78 Å². The van der Waals surface area contributed by atoms with Crippen molar-refractivity contribution in [2.24, 2.45) is 0 Å². The number of benzene rings is 1. The summed E-state index contributed by atoms with van der Waals surface area (Å²) in [6.45, 7) is 0. The second-order valence-electron chi connectivity index (χ2n) is 1.95. The van der Waals surface area contributed by atoms with Crippen LogP contribution >= 0.6 is 0 Å². The van der Waals surface area contributed by atoms with Gasteiger partial charge in [0.15, 0.2) is 0 Å². The highest BCUT2D eigenvalue weighted by atomic mass is 19.1. The van der Waals surface area contributed by atoms with E-state index in [-0.39, 0.29) is 0 Å². The van der Waals surface area contributed by atoms with E-state index in [1.54, 1.807) is 0 Å². The summed E-state index contributed by atoms with van der Waals surface area (Å²) >= 11 is 0. The van der Waals surface area contributed by atoms with Crippen molar-refractivity contribution in [3.63, 3.8) is 0 Å². The fraction of sp³-hybridized carbons (Fsp3) is 0. The van der Waals surface area contributed by atoms with Crippen LogP contribution in [0, 0.1) is 11.6 Å². The first-order chi connectivity index (χ1) is 5.11. The van der Waals surface area contributed by atoms with Gasteiger partial charge in [-0.15, -0.1) is 0 Å². The molecule has 1 radical (unpaired) electrons. The molecule has 11 heavy (non-hydrogen) atoms. The molecule has 0 aliphatic carbocycles. The minimum absolute atomic E-state index is 0.411. The lowest BCUT2D eigenvalue weighted by atomic mass is 10.2. The Labute approximate surface area is 61.6 Å². The number of rotatable bonds is 1. The maximum absolute atomic E-state index is 12.5. The normalized spacial score (nSPS) is 9.64. The van der Waals surface area contributed by atoms with Gasteiger partial charge in [0, 0.05) is 6.07 Å². The Morgan fingerprint density at radius 1 is 1.36 bits per heavy atom. The lowest BCUT2D eigenvalue weighted by molar-refractivity contribution is 0.0988. The van der Waals surface area contributed by atoms with E-state index in [4.69, 9.17) is 5.73 Å². The summed E-state index contributed by atoms with van der Waals surface area (Å²) in [6, 6.07) is 2.45. The molecule has 0 bridgehead atoms. The predicted octanol–water partition coefficient (Wildman–Crippen LogP) is 1.39. The molecule has 0 saturated heterocycles. The minimum atomic E-state index is -1.15. The monoisotopic (exact) mass is 156 g/mol. The van der Waals surface area contributed by atoms with Crippen LogP contribution in [0.25, 0.3) is 0 Å². The fourth-order valence-electron chi connectivity index (χ4n) is 0.674. The second-order valence-corrected chi connectivity index (χ2v) is 1.95. The number of hydrogen-bond donors (Lipinski definition) is 0. The van der Waals surface area contributed by atoms with Gasteiger partial charge in [0.25, 0.3) is 5.91 Å². The molecule has 0 aliphatic rings. The molecule has 0 heterocycles. The van der Waals surface area contributed by atoms with Crippen LogP contribution in [0.15, 0.2) is 18.2 Å². The Kier molecular flexibility index (Phi) is 1.85. The van der Waals surface area contributed by atoms with Gasteiger partial charge in [-0.3, -0.25) is 10.5 Å². The molecule has 0 spiro atoms. The Morgan fingerprint density at radius 2 is 2.00 bits per heavy atom. The first kappa shape index (κ1) is 7.65. The van der Waals surface area contributed by atoms with Crippen molar-refractivity contribution >= 4 is 5.91 Å². The van der Waals surface area contributed by atoms with Crippen LogP contribution in [0.3, 0.4) is 0 Å². The van der Waals surface area contributed by atoms with Crippen LogP contribution in [0.2, 0.25) is 0 Å². The molecule has 0 atom stereocenters. The number of halogens is 2. The maximum atomic E-state index is 12.5. The van der Waals surface area contributed by atoms with E-state index in [0.717, 1.165) is 12.1 Å². The summed E-state index contributed by atoms with van der Waals surface area (Å²) in [5, 5.41) is 0. The van der Waals surface area contributed by atoms with E-state index >= 15 is 0 Å². The summed E-state index contributed by atoms with van der Waals surface area (Å²) in [4.78, 5) is 10.3. The highest BCUT2D eigenvalue weighted by molar-refractivity contribution is 5.92. The Balaban J connectivity index is 3.20. The first-order valence-corrected chi connectivity index (χ1v) is 2.82. The molecule has 0 fully saturated rings. The Hall–Kier alpha value is -1.45. The zero-order valence-corrected chi connectivity index (χ0v) is 5.40. The van der Waals surface area contributed by atoms with Crippen LogP contribution in [0.1, 0.15) is 10.4 Å². The standard InChI is InChI=1S/C7H4F2NO/c8-4-1-2-5(7(10)11)6(9)3-4/h1-3,10H. The van der Waals surface area contributed by atoms with Crippen LogP contribution in [-0.4, -0.2) is 5.91 Å². The first-order valence-electron chi connectivity index (χ1n) is 2.82. The molecular formula is C7H4F2NO. The van der Waals surface area contributed by atoms with Crippen LogP contribution in [0.5, 0.6) is 0 Å². The molecule has 0 saturated carbocycles. The number of nitrogens with one attached hydrogen (secondary N) is 1. The van der Waals surface area contributed by atoms with Gasteiger partial charge in [-0.05, 0) is 12.1 Å². The van der Waals surface area contributed by atoms with Crippen molar-refractivity contribution in [3.8, 4) is 0 Å². The predicted molar refractivity (Wildman–Crippen MR) is 33.8 cm³/mol. The lowest BCUT2D eigenvalue weighted by Gasteiger charge is -1.95. The van der Waals surface area contributed by atoms with Gasteiger partial charge in [-0.2, -0.15) is 0 Å². The summed E-state index contributed by atoms with van der Waals surface area (Å²) in [6.07, 6.45) is 0. The summed E-state index contributed by atoms with van der Waals surface area (Å²) < 4.78 is 24.7.